The molecule has 2 N–H and O–H groups in total. The van der Waals surface area contributed by atoms with Gasteiger partial charge in [0.05, 0.1) is 31.4 Å². The van der Waals surface area contributed by atoms with Crippen LogP contribution in [0.3, 0.4) is 0 Å². The molecular weight excluding hydrogens is 325 g/mol. The number of nitrogens with one attached hydrogen (secondary N) is 1. The highest BCUT2D eigenvalue weighted by Crippen LogP contribution is 2.20. The summed E-state index contributed by atoms with van der Waals surface area (Å²) in [6.07, 6.45) is -0.230. The molecule has 2 rings (SSSR count). The van der Waals surface area contributed by atoms with Crippen molar-refractivity contribution in [3.8, 4) is 0 Å². The Labute approximate surface area is 138 Å². The number of urea groups is 1. The van der Waals surface area contributed by atoms with Crippen LogP contribution in [0.15, 0.2) is 12.1 Å². The number of carbonyl (C=O) groups is 1. The Morgan fingerprint density at radius 2 is 2.00 bits per heavy atom. The van der Waals surface area contributed by atoms with Crippen molar-refractivity contribution in [3.05, 3.63) is 35.1 Å². The number of morpholine rings is 1. The van der Waals surface area contributed by atoms with Crippen molar-refractivity contribution in [2.24, 2.45) is 0 Å². The standard InChI is InChI=1S/C16H21F3N2O3/c1-9(22)5-12-8-24-4-3-21(12)16(23)20-10(2)11-6-13(17)15(19)14(18)7-11/h6-7,9-10,12,22H,3-5,8H2,1-2H3,(H,20,23). The topological polar surface area (TPSA) is 61.8 Å². The molecule has 3 unspecified atom stereocenters. The number of benzene rings is 1. The van der Waals surface area contributed by atoms with Crippen LogP contribution in [0.1, 0.15) is 31.9 Å². The number of amides is 2. The Balaban J connectivity index is 2.07. The lowest BCUT2D eigenvalue weighted by Crippen LogP contribution is -2.53. The molecule has 0 spiro atoms. The Morgan fingerprint density at radius 1 is 1.38 bits per heavy atom. The van der Waals surface area contributed by atoms with Crippen LogP contribution in [0.25, 0.3) is 0 Å². The molecule has 1 aliphatic rings. The normalized spacial score (nSPS) is 20.6. The predicted molar refractivity (Wildman–Crippen MR) is 80.9 cm³/mol. The SMILES string of the molecule is CC(O)CC1COCCN1C(=O)NC(C)c1cc(F)c(F)c(F)c1. The van der Waals surface area contributed by atoms with Crippen LogP contribution in [0, 0.1) is 17.5 Å². The van der Waals surface area contributed by atoms with Gasteiger partial charge in [0.25, 0.3) is 0 Å². The zero-order chi connectivity index (χ0) is 17.9. The summed E-state index contributed by atoms with van der Waals surface area (Å²) in [6, 6.07) is 0.290. The van der Waals surface area contributed by atoms with Gasteiger partial charge in [-0.05, 0) is 38.0 Å². The van der Waals surface area contributed by atoms with E-state index in [9.17, 15) is 23.1 Å². The fraction of sp³-hybridized carbons (Fsp3) is 0.562. The quantitative estimate of drug-likeness (QED) is 0.823. The van der Waals surface area contributed by atoms with Gasteiger partial charge in [-0.1, -0.05) is 0 Å². The molecule has 0 aromatic heterocycles. The fourth-order valence-electron chi connectivity index (χ4n) is 2.69. The molecule has 1 heterocycles. The lowest BCUT2D eigenvalue weighted by molar-refractivity contribution is -0.00474. The highest BCUT2D eigenvalue weighted by Gasteiger charge is 2.29. The number of aliphatic hydroxyl groups is 1. The Morgan fingerprint density at radius 3 is 2.58 bits per heavy atom. The molecule has 24 heavy (non-hydrogen) atoms. The summed E-state index contributed by atoms with van der Waals surface area (Å²) in [7, 11) is 0. The van der Waals surface area contributed by atoms with Gasteiger partial charge < -0.3 is 20.1 Å². The largest absolute Gasteiger partial charge is 0.393 e. The van der Waals surface area contributed by atoms with E-state index in [1.807, 2.05) is 0 Å². The van der Waals surface area contributed by atoms with Crippen molar-refractivity contribution in [2.75, 3.05) is 19.8 Å². The van der Waals surface area contributed by atoms with E-state index in [0.29, 0.717) is 26.2 Å². The smallest absolute Gasteiger partial charge is 0.318 e. The summed E-state index contributed by atoms with van der Waals surface area (Å²) in [5, 5.41) is 12.2. The molecule has 2 amide bonds. The summed E-state index contributed by atoms with van der Waals surface area (Å²) in [5.41, 5.74) is 0.125. The van der Waals surface area contributed by atoms with Crippen LogP contribution in [-0.2, 0) is 4.74 Å². The van der Waals surface area contributed by atoms with E-state index in [4.69, 9.17) is 4.74 Å². The van der Waals surface area contributed by atoms with Crippen molar-refractivity contribution in [2.45, 2.75) is 38.5 Å². The fourth-order valence-corrected chi connectivity index (χ4v) is 2.69. The molecule has 5 nitrogen and oxygen atoms in total. The van der Waals surface area contributed by atoms with Crippen molar-refractivity contribution in [1.29, 1.82) is 0 Å². The number of rotatable bonds is 4. The second-order valence-electron chi connectivity index (χ2n) is 5.98. The van der Waals surface area contributed by atoms with Gasteiger partial charge in [-0.25, -0.2) is 18.0 Å². The number of carbonyl (C=O) groups excluding carboxylic acids is 1. The van der Waals surface area contributed by atoms with Gasteiger partial charge in [0.15, 0.2) is 17.5 Å². The summed E-state index contributed by atoms with van der Waals surface area (Å²) in [4.78, 5) is 14.0. The first kappa shape index (κ1) is 18.5. The molecule has 0 saturated carbocycles. The number of nitrogens with zero attached hydrogens (tertiary/aromatic N) is 1. The van der Waals surface area contributed by atoms with Gasteiger partial charge in [0.2, 0.25) is 0 Å². The van der Waals surface area contributed by atoms with E-state index >= 15 is 0 Å². The van der Waals surface area contributed by atoms with Crippen LogP contribution in [-0.4, -0.2) is 47.9 Å². The number of ether oxygens (including phenoxy) is 1. The van der Waals surface area contributed by atoms with Gasteiger partial charge in [-0.15, -0.1) is 0 Å². The van der Waals surface area contributed by atoms with E-state index in [0.717, 1.165) is 12.1 Å². The monoisotopic (exact) mass is 346 g/mol. The summed E-state index contributed by atoms with van der Waals surface area (Å²) >= 11 is 0. The van der Waals surface area contributed by atoms with Gasteiger partial charge in [0, 0.05) is 6.54 Å². The van der Waals surface area contributed by atoms with Crippen LogP contribution < -0.4 is 5.32 Å². The predicted octanol–water partition coefficient (Wildman–Crippen LogP) is 2.35. The maximum Gasteiger partial charge on any atom is 0.318 e. The molecule has 1 fully saturated rings. The first-order valence-corrected chi connectivity index (χ1v) is 7.77. The van der Waals surface area contributed by atoms with E-state index in [2.05, 4.69) is 5.32 Å². The van der Waals surface area contributed by atoms with Crippen molar-refractivity contribution < 1.29 is 27.8 Å². The maximum atomic E-state index is 13.3. The van der Waals surface area contributed by atoms with Crippen molar-refractivity contribution in [3.63, 3.8) is 0 Å². The van der Waals surface area contributed by atoms with E-state index in [1.54, 1.807) is 13.8 Å². The maximum absolute atomic E-state index is 13.3. The summed E-state index contributed by atoms with van der Waals surface area (Å²) in [5.74, 6) is -4.14. The zero-order valence-electron chi connectivity index (χ0n) is 13.6. The summed E-state index contributed by atoms with van der Waals surface area (Å²) in [6.45, 7) is 4.21. The third kappa shape index (κ3) is 4.39. The second kappa shape index (κ2) is 7.85. The Bertz CT molecular complexity index is 575. The highest BCUT2D eigenvalue weighted by molar-refractivity contribution is 5.75. The average Bonchev–Trinajstić information content (AvgIpc) is 2.51. The van der Waals surface area contributed by atoms with Gasteiger partial charge in [0.1, 0.15) is 0 Å². The number of halogens is 3. The minimum absolute atomic E-state index is 0.125. The van der Waals surface area contributed by atoms with Gasteiger partial charge in [-0.2, -0.15) is 0 Å². The number of aliphatic hydroxyl groups excluding tert-OH is 1. The molecule has 3 atom stereocenters. The number of hydrogen-bond acceptors (Lipinski definition) is 3. The molecule has 134 valence electrons. The molecule has 1 aliphatic heterocycles. The lowest BCUT2D eigenvalue weighted by Gasteiger charge is -2.37. The second-order valence-corrected chi connectivity index (χ2v) is 5.98. The van der Waals surface area contributed by atoms with Crippen LogP contribution >= 0.6 is 0 Å². The molecule has 1 aromatic rings. The van der Waals surface area contributed by atoms with Crippen LogP contribution in [0.2, 0.25) is 0 Å². The van der Waals surface area contributed by atoms with Crippen LogP contribution in [0.5, 0.6) is 0 Å². The first-order valence-electron chi connectivity index (χ1n) is 7.77. The van der Waals surface area contributed by atoms with E-state index < -0.39 is 35.6 Å². The molecule has 1 aromatic carbocycles. The molecular formula is C16H21F3N2O3. The molecule has 1 saturated heterocycles. The number of hydrogen-bond donors (Lipinski definition) is 2. The average molecular weight is 346 g/mol. The first-order chi connectivity index (χ1) is 11.3. The van der Waals surface area contributed by atoms with E-state index in [-0.39, 0.29) is 11.6 Å². The molecule has 0 radical (unpaired) electrons. The van der Waals surface area contributed by atoms with Gasteiger partial charge >= 0.3 is 6.03 Å². The minimum Gasteiger partial charge on any atom is -0.393 e. The van der Waals surface area contributed by atoms with E-state index in [1.165, 1.54) is 4.90 Å². The molecule has 0 aliphatic carbocycles. The third-order valence-electron chi connectivity index (χ3n) is 3.95. The summed E-state index contributed by atoms with van der Waals surface area (Å²) < 4.78 is 45.0. The minimum atomic E-state index is -1.54. The highest BCUT2D eigenvalue weighted by atomic mass is 19.2. The van der Waals surface area contributed by atoms with Crippen molar-refractivity contribution >= 4 is 6.03 Å². The third-order valence-corrected chi connectivity index (χ3v) is 3.95. The zero-order valence-corrected chi connectivity index (χ0v) is 13.6. The van der Waals surface area contributed by atoms with Crippen molar-refractivity contribution in [1.82, 2.24) is 10.2 Å². The Hall–Kier alpha value is -1.80. The van der Waals surface area contributed by atoms with Crippen LogP contribution in [0.4, 0.5) is 18.0 Å². The lowest BCUT2D eigenvalue weighted by atomic mass is 10.1. The Kier molecular flexibility index (Phi) is 6.06. The molecule has 8 heteroatoms. The van der Waals surface area contributed by atoms with Gasteiger partial charge in [-0.3, -0.25) is 0 Å². The molecule has 0 bridgehead atoms.